The zero-order chi connectivity index (χ0) is 30.9. The lowest BCUT2D eigenvalue weighted by Gasteiger charge is -2.20. The number of hydrogen-bond donors (Lipinski definition) is 2. The molecule has 0 aliphatic rings. The highest BCUT2D eigenvalue weighted by Crippen LogP contribution is 2.29. The first-order valence-corrected chi connectivity index (χ1v) is 15.5. The molecule has 9 nitrogen and oxygen atoms in total. The molecule has 230 valence electrons. The second-order valence-electron chi connectivity index (χ2n) is 11.4. The molecule has 5 aromatic rings. The first-order chi connectivity index (χ1) is 21.5. The Morgan fingerprint density at radius 2 is 1.73 bits per heavy atom. The molecule has 0 spiro atoms. The number of rotatable bonds is 15. The first-order valence-electron chi connectivity index (χ1n) is 15.5. The van der Waals surface area contributed by atoms with Gasteiger partial charge >= 0.3 is 0 Å². The fraction of sp³-hybridized carbons (Fsp3) is 0.371. The maximum Gasteiger partial charge on any atom is 0.251 e. The van der Waals surface area contributed by atoms with Crippen LogP contribution in [-0.2, 0) is 17.7 Å². The lowest BCUT2D eigenvalue weighted by atomic mass is 10.00. The molecule has 1 atom stereocenters. The number of imidazole rings is 1. The summed E-state index contributed by atoms with van der Waals surface area (Å²) in [5.41, 5.74) is 12.3. The van der Waals surface area contributed by atoms with E-state index in [-0.39, 0.29) is 12.0 Å². The maximum atomic E-state index is 13.0. The van der Waals surface area contributed by atoms with Crippen LogP contribution in [0.1, 0.15) is 66.0 Å². The van der Waals surface area contributed by atoms with Gasteiger partial charge in [0.05, 0.1) is 12.1 Å². The summed E-state index contributed by atoms with van der Waals surface area (Å²) in [5.74, 6) is 1.37. The van der Waals surface area contributed by atoms with Crippen LogP contribution in [0, 0.1) is 0 Å². The molecule has 3 heterocycles. The van der Waals surface area contributed by atoms with Crippen LogP contribution in [0.25, 0.3) is 22.1 Å². The first kappa shape index (κ1) is 31.1. The van der Waals surface area contributed by atoms with E-state index in [1.165, 1.54) is 0 Å². The van der Waals surface area contributed by atoms with Crippen molar-refractivity contribution in [2.45, 2.75) is 51.7 Å². The summed E-state index contributed by atoms with van der Waals surface area (Å²) >= 11 is 0. The van der Waals surface area contributed by atoms with Crippen molar-refractivity contribution in [3.05, 3.63) is 95.4 Å². The Balaban J connectivity index is 1.20. The Hall–Kier alpha value is -4.34. The van der Waals surface area contributed by atoms with Crippen LogP contribution in [-0.4, -0.2) is 64.1 Å². The van der Waals surface area contributed by atoms with Crippen LogP contribution < -0.4 is 11.1 Å². The van der Waals surface area contributed by atoms with Crippen LogP contribution in [0.4, 0.5) is 5.82 Å². The Bertz CT molecular complexity index is 1670. The molecule has 0 radical (unpaired) electrons. The van der Waals surface area contributed by atoms with Crippen LogP contribution in [0.2, 0.25) is 0 Å². The van der Waals surface area contributed by atoms with Gasteiger partial charge in [0, 0.05) is 37.8 Å². The quantitative estimate of drug-likeness (QED) is 0.148. The summed E-state index contributed by atoms with van der Waals surface area (Å²) in [6.07, 6.45) is 6.31. The van der Waals surface area contributed by atoms with Crippen molar-refractivity contribution in [2.75, 3.05) is 39.5 Å². The van der Waals surface area contributed by atoms with E-state index in [1.54, 1.807) is 6.20 Å². The summed E-state index contributed by atoms with van der Waals surface area (Å²) in [5, 5.41) is 3.09. The minimum atomic E-state index is -0.187. The molecule has 3 N–H and O–H groups in total. The Kier molecular flexibility index (Phi) is 10.5. The van der Waals surface area contributed by atoms with Gasteiger partial charge in [-0.05, 0) is 68.8 Å². The van der Waals surface area contributed by atoms with E-state index in [1.807, 2.05) is 68.7 Å². The molecule has 2 aromatic carbocycles. The van der Waals surface area contributed by atoms with Crippen LogP contribution in [0.3, 0.4) is 0 Å². The average molecular weight is 594 g/mol. The largest absolute Gasteiger partial charge is 0.382 e. The predicted molar refractivity (Wildman–Crippen MR) is 177 cm³/mol. The van der Waals surface area contributed by atoms with E-state index in [4.69, 9.17) is 15.5 Å². The molecule has 0 saturated carbocycles. The molecule has 0 bridgehead atoms. The third kappa shape index (κ3) is 7.41. The van der Waals surface area contributed by atoms with Gasteiger partial charge in [-0.3, -0.25) is 9.78 Å². The van der Waals surface area contributed by atoms with E-state index in [2.05, 4.69) is 43.8 Å². The Morgan fingerprint density at radius 1 is 0.955 bits per heavy atom. The van der Waals surface area contributed by atoms with Gasteiger partial charge in [-0.15, -0.1) is 0 Å². The van der Waals surface area contributed by atoms with Crippen LogP contribution >= 0.6 is 0 Å². The second kappa shape index (κ2) is 14.9. The van der Waals surface area contributed by atoms with Gasteiger partial charge in [0.25, 0.3) is 5.91 Å². The molecule has 1 amide bonds. The number of aryl methyl sites for hydroxylation is 2. The number of benzene rings is 2. The van der Waals surface area contributed by atoms with E-state index >= 15 is 0 Å². The third-order valence-corrected chi connectivity index (χ3v) is 7.79. The number of nitrogens with zero attached hydrogens (tertiary/aromatic N) is 5. The summed E-state index contributed by atoms with van der Waals surface area (Å²) in [4.78, 5) is 29.1. The lowest BCUT2D eigenvalue weighted by Crippen LogP contribution is -2.24. The highest BCUT2D eigenvalue weighted by molar-refractivity contribution is 6.04. The number of carbonyl (C=O) groups excluding carboxylic acids is 1. The standard InChI is InChI=1S/C35H43N7O2/c1-4-5-15-29-40-31-32(30-28(39-34(31)36)14-11-21-37-30)42(29)22-10-9-20-38-35(43)27-18-16-26(17-19-27)33(44-24-23-41(2)3)25-12-7-6-8-13-25/h6-8,11-14,16-19,21,33H,4-5,9-10,15,20,22-24H2,1-3H3,(H2,36,39)(H,38,43). The summed E-state index contributed by atoms with van der Waals surface area (Å²) in [6.45, 7) is 4.98. The predicted octanol–water partition coefficient (Wildman–Crippen LogP) is 5.78. The highest BCUT2D eigenvalue weighted by Gasteiger charge is 2.18. The third-order valence-electron chi connectivity index (χ3n) is 7.79. The molecule has 3 aromatic heterocycles. The number of ether oxygens (including phenoxy) is 1. The van der Waals surface area contributed by atoms with E-state index in [0.29, 0.717) is 24.5 Å². The van der Waals surface area contributed by atoms with Gasteiger partial charge < -0.3 is 25.3 Å². The fourth-order valence-electron chi connectivity index (χ4n) is 5.41. The van der Waals surface area contributed by atoms with Crippen LogP contribution in [0.5, 0.6) is 0 Å². The topological polar surface area (TPSA) is 111 Å². The number of unbranched alkanes of at least 4 members (excludes halogenated alkanes) is 2. The molecular formula is C35H43N7O2. The van der Waals surface area contributed by atoms with Gasteiger partial charge in [0.2, 0.25) is 0 Å². The van der Waals surface area contributed by atoms with Gasteiger partial charge in [-0.1, -0.05) is 55.8 Å². The number of carbonyl (C=O) groups is 1. The second-order valence-corrected chi connectivity index (χ2v) is 11.4. The van der Waals surface area contributed by atoms with Crippen LogP contribution in [0.15, 0.2) is 72.9 Å². The van der Waals surface area contributed by atoms with Crippen molar-refractivity contribution >= 4 is 33.8 Å². The fourth-order valence-corrected chi connectivity index (χ4v) is 5.41. The molecule has 0 fully saturated rings. The van der Waals surface area contributed by atoms with Crippen molar-refractivity contribution in [3.8, 4) is 0 Å². The van der Waals surface area contributed by atoms with Gasteiger partial charge in [0.1, 0.15) is 28.5 Å². The summed E-state index contributed by atoms with van der Waals surface area (Å²) in [7, 11) is 4.07. The number of aromatic nitrogens is 4. The SMILES string of the molecule is CCCCc1nc2c(N)nc3cccnc3c2n1CCCCNC(=O)c1ccc(C(OCCN(C)C)c2ccccc2)cc1. The van der Waals surface area contributed by atoms with Crippen molar-refractivity contribution < 1.29 is 9.53 Å². The molecule has 0 aliphatic heterocycles. The number of hydrogen-bond acceptors (Lipinski definition) is 7. The molecule has 1 unspecified atom stereocenters. The van der Waals surface area contributed by atoms with Gasteiger partial charge in [0.15, 0.2) is 5.82 Å². The Labute approximate surface area is 259 Å². The molecular weight excluding hydrogens is 550 g/mol. The Morgan fingerprint density at radius 3 is 2.48 bits per heavy atom. The lowest BCUT2D eigenvalue weighted by molar-refractivity contribution is 0.0687. The number of nitrogens with one attached hydrogen (secondary N) is 1. The van der Waals surface area contributed by atoms with Gasteiger partial charge in [-0.25, -0.2) is 9.97 Å². The molecule has 44 heavy (non-hydrogen) atoms. The van der Waals surface area contributed by atoms with E-state index in [0.717, 1.165) is 84.2 Å². The number of amides is 1. The highest BCUT2D eigenvalue weighted by atomic mass is 16.5. The molecule has 9 heteroatoms. The number of anilines is 1. The smallest absolute Gasteiger partial charge is 0.251 e. The monoisotopic (exact) mass is 593 g/mol. The van der Waals surface area contributed by atoms with Crippen molar-refractivity contribution in [2.24, 2.45) is 0 Å². The van der Waals surface area contributed by atoms with E-state index in [9.17, 15) is 4.79 Å². The minimum Gasteiger partial charge on any atom is -0.382 e. The van der Waals surface area contributed by atoms with Crippen molar-refractivity contribution in [1.29, 1.82) is 0 Å². The average Bonchev–Trinajstić information content (AvgIpc) is 3.41. The number of fused-ring (bicyclic) bond motifs is 3. The maximum absolute atomic E-state index is 13.0. The normalized spacial score (nSPS) is 12.3. The van der Waals surface area contributed by atoms with Crippen molar-refractivity contribution in [3.63, 3.8) is 0 Å². The zero-order valence-corrected chi connectivity index (χ0v) is 26.0. The van der Waals surface area contributed by atoms with Gasteiger partial charge in [-0.2, -0.15) is 0 Å². The summed E-state index contributed by atoms with van der Waals surface area (Å²) < 4.78 is 8.52. The summed E-state index contributed by atoms with van der Waals surface area (Å²) in [6, 6.07) is 21.7. The minimum absolute atomic E-state index is 0.0768. The zero-order valence-electron chi connectivity index (χ0n) is 26.0. The number of pyridine rings is 2. The number of nitrogen functional groups attached to an aromatic ring is 1. The number of likely N-dealkylation sites (N-methyl/N-ethyl adjacent to an activating group) is 1. The molecule has 0 saturated heterocycles. The number of nitrogens with two attached hydrogens (primary N) is 1. The van der Waals surface area contributed by atoms with Crippen molar-refractivity contribution in [1.82, 2.24) is 29.7 Å². The van der Waals surface area contributed by atoms with E-state index < -0.39 is 0 Å². The molecule has 0 aliphatic carbocycles. The molecule has 5 rings (SSSR count).